The van der Waals surface area contributed by atoms with Crippen LogP contribution < -0.4 is 0 Å². The fourth-order valence-corrected chi connectivity index (χ4v) is 2.60. The van der Waals surface area contributed by atoms with E-state index < -0.39 is 5.41 Å². The molecular formula is C16H13NO. The van der Waals surface area contributed by atoms with Crippen LogP contribution in [0.3, 0.4) is 0 Å². The van der Waals surface area contributed by atoms with Gasteiger partial charge in [0.1, 0.15) is 6.07 Å². The number of nitrogens with zero attached hydrogens (tertiary/aromatic N) is 1. The summed E-state index contributed by atoms with van der Waals surface area (Å²) in [6.45, 7) is 3.94. The van der Waals surface area contributed by atoms with Crippen molar-refractivity contribution in [2.75, 3.05) is 0 Å². The first-order valence-electron chi connectivity index (χ1n) is 5.78. The first-order chi connectivity index (χ1) is 8.57. The Morgan fingerprint density at radius 2 is 2.28 bits per heavy atom. The van der Waals surface area contributed by atoms with Gasteiger partial charge in [0, 0.05) is 0 Å². The Labute approximate surface area is 107 Å². The summed E-state index contributed by atoms with van der Waals surface area (Å²) < 4.78 is 0. The monoisotopic (exact) mass is 235 g/mol. The molecule has 88 valence electrons. The van der Waals surface area contributed by atoms with Gasteiger partial charge in [-0.1, -0.05) is 23.6 Å². The predicted molar refractivity (Wildman–Crippen MR) is 70.2 cm³/mol. The van der Waals surface area contributed by atoms with Gasteiger partial charge >= 0.3 is 0 Å². The minimum Gasteiger partial charge on any atom is -0.288 e. The maximum absolute atomic E-state index is 11.8. The second-order valence-electron chi connectivity index (χ2n) is 4.58. The van der Waals surface area contributed by atoms with Gasteiger partial charge in [0.15, 0.2) is 5.78 Å². The van der Waals surface area contributed by atoms with Crippen LogP contribution in [0.2, 0.25) is 0 Å². The molecule has 0 aromatic heterocycles. The minimum absolute atomic E-state index is 0.145. The summed E-state index contributed by atoms with van der Waals surface area (Å²) in [5.41, 5.74) is 2.56. The molecule has 2 aliphatic rings. The Balaban J connectivity index is 2.63. The molecule has 0 heterocycles. The second kappa shape index (κ2) is 4.17. The average Bonchev–Trinajstić information content (AvgIpc) is 2.63. The summed E-state index contributed by atoms with van der Waals surface area (Å²) in [5, 5.41) is 8.96. The van der Waals surface area contributed by atoms with Crippen LogP contribution in [0, 0.1) is 29.1 Å². The van der Waals surface area contributed by atoms with Crippen LogP contribution >= 0.6 is 0 Å². The van der Waals surface area contributed by atoms with Crippen LogP contribution in [0.5, 0.6) is 0 Å². The Morgan fingerprint density at radius 1 is 1.56 bits per heavy atom. The first kappa shape index (κ1) is 12.1. The number of carbonyl (C=O) groups excluding carboxylic acids is 1. The number of hydrogen-bond donors (Lipinski definition) is 0. The number of allylic oxidation sites excluding steroid dienone is 8. The number of rotatable bonds is 1. The third-order valence-corrected chi connectivity index (χ3v) is 3.42. The smallest absolute Gasteiger partial charge is 0.196 e. The van der Waals surface area contributed by atoms with E-state index in [1.165, 1.54) is 6.08 Å². The maximum Gasteiger partial charge on any atom is 0.196 e. The van der Waals surface area contributed by atoms with Gasteiger partial charge in [-0.15, -0.1) is 6.42 Å². The fourth-order valence-electron chi connectivity index (χ4n) is 2.60. The van der Waals surface area contributed by atoms with Crippen molar-refractivity contribution in [3.05, 3.63) is 46.6 Å². The van der Waals surface area contributed by atoms with E-state index in [4.69, 9.17) is 11.7 Å². The van der Waals surface area contributed by atoms with Crippen LogP contribution in [0.15, 0.2) is 46.6 Å². The standard InChI is InChI=1S/C16H13NO/c1-4-6-13-11(3)8-16(5-2)9-12(10-17)15(18)7-14(13)16/h2,4,6-7,9H,8H2,1,3H3/b6-4-. The van der Waals surface area contributed by atoms with Crippen molar-refractivity contribution in [2.24, 2.45) is 5.41 Å². The molecule has 0 aliphatic heterocycles. The zero-order chi connectivity index (χ0) is 13.3. The third kappa shape index (κ3) is 1.55. The summed E-state index contributed by atoms with van der Waals surface area (Å²) in [6, 6.07) is 1.92. The van der Waals surface area contributed by atoms with Gasteiger partial charge in [0.2, 0.25) is 0 Å². The molecule has 0 amide bonds. The zero-order valence-electron chi connectivity index (χ0n) is 10.4. The van der Waals surface area contributed by atoms with Gasteiger partial charge in [0.25, 0.3) is 0 Å². The van der Waals surface area contributed by atoms with Gasteiger partial charge in [-0.3, -0.25) is 4.79 Å². The van der Waals surface area contributed by atoms with E-state index >= 15 is 0 Å². The molecule has 0 radical (unpaired) electrons. The van der Waals surface area contributed by atoms with Crippen LogP contribution in [0.1, 0.15) is 20.3 Å². The molecule has 0 N–H and O–H groups in total. The highest BCUT2D eigenvalue weighted by atomic mass is 16.1. The molecule has 2 nitrogen and oxygen atoms in total. The molecule has 0 aromatic carbocycles. The van der Waals surface area contributed by atoms with Crippen LogP contribution in [-0.4, -0.2) is 5.78 Å². The van der Waals surface area contributed by atoms with Crippen molar-refractivity contribution >= 4 is 5.78 Å². The van der Waals surface area contributed by atoms with Crippen molar-refractivity contribution < 1.29 is 4.79 Å². The van der Waals surface area contributed by atoms with Crippen molar-refractivity contribution in [2.45, 2.75) is 20.3 Å². The maximum atomic E-state index is 11.8. The highest BCUT2D eigenvalue weighted by Gasteiger charge is 2.41. The summed E-state index contributed by atoms with van der Waals surface area (Å²) in [6.07, 6.45) is 13.4. The lowest BCUT2D eigenvalue weighted by Gasteiger charge is -2.25. The Kier molecular flexibility index (Phi) is 2.81. The Bertz CT molecular complexity index is 629. The second-order valence-corrected chi connectivity index (χ2v) is 4.58. The van der Waals surface area contributed by atoms with Crippen molar-refractivity contribution in [1.82, 2.24) is 0 Å². The van der Waals surface area contributed by atoms with E-state index in [0.29, 0.717) is 6.42 Å². The van der Waals surface area contributed by atoms with Crippen LogP contribution in [-0.2, 0) is 4.79 Å². The predicted octanol–water partition coefficient (Wildman–Crippen LogP) is 2.86. The normalized spacial score (nSPS) is 26.6. The average molecular weight is 235 g/mol. The van der Waals surface area contributed by atoms with E-state index in [9.17, 15) is 4.79 Å². The lowest BCUT2D eigenvalue weighted by Crippen LogP contribution is -2.22. The number of fused-ring (bicyclic) bond motifs is 1. The highest BCUT2D eigenvalue weighted by Crippen LogP contribution is 2.50. The molecule has 2 heteroatoms. The molecular weight excluding hydrogens is 222 g/mol. The topological polar surface area (TPSA) is 40.9 Å². The van der Waals surface area contributed by atoms with Gasteiger partial charge in [-0.25, -0.2) is 0 Å². The number of ketones is 1. The molecule has 0 saturated carbocycles. The summed E-state index contributed by atoms with van der Waals surface area (Å²) in [7, 11) is 0. The SMILES string of the molecule is C#CC12C=C(C#N)C(=O)C=C1C(/C=C\C)=C(C)C2. The number of hydrogen-bond acceptors (Lipinski definition) is 2. The third-order valence-electron chi connectivity index (χ3n) is 3.42. The quantitative estimate of drug-likeness (QED) is 0.656. The summed E-state index contributed by atoms with van der Waals surface area (Å²) in [5.74, 6) is 2.50. The van der Waals surface area contributed by atoms with Crippen LogP contribution in [0.25, 0.3) is 0 Å². The van der Waals surface area contributed by atoms with Crippen molar-refractivity contribution in [1.29, 1.82) is 5.26 Å². The van der Waals surface area contributed by atoms with E-state index in [-0.39, 0.29) is 11.4 Å². The molecule has 0 bridgehead atoms. The molecule has 1 unspecified atom stereocenters. The Morgan fingerprint density at radius 3 is 2.83 bits per heavy atom. The highest BCUT2D eigenvalue weighted by molar-refractivity contribution is 6.09. The molecule has 0 spiro atoms. The minimum atomic E-state index is -0.613. The summed E-state index contributed by atoms with van der Waals surface area (Å²) in [4.78, 5) is 11.8. The lowest BCUT2D eigenvalue weighted by atomic mass is 9.75. The van der Waals surface area contributed by atoms with Gasteiger partial charge in [-0.05, 0) is 43.6 Å². The molecule has 2 rings (SSSR count). The molecule has 0 fully saturated rings. The zero-order valence-corrected chi connectivity index (χ0v) is 10.4. The van der Waals surface area contributed by atoms with Gasteiger partial charge in [-0.2, -0.15) is 5.26 Å². The van der Waals surface area contributed by atoms with E-state index in [0.717, 1.165) is 16.7 Å². The summed E-state index contributed by atoms with van der Waals surface area (Å²) >= 11 is 0. The van der Waals surface area contributed by atoms with Gasteiger partial charge in [0.05, 0.1) is 11.0 Å². The van der Waals surface area contributed by atoms with E-state index in [1.807, 2.05) is 32.1 Å². The number of nitriles is 1. The molecule has 2 aliphatic carbocycles. The molecule has 0 aromatic rings. The van der Waals surface area contributed by atoms with Crippen LogP contribution in [0.4, 0.5) is 0 Å². The largest absolute Gasteiger partial charge is 0.288 e. The molecule has 18 heavy (non-hydrogen) atoms. The van der Waals surface area contributed by atoms with Gasteiger partial charge < -0.3 is 0 Å². The number of carbonyl (C=O) groups is 1. The first-order valence-corrected chi connectivity index (χ1v) is 5.78. The lowest BCUT2D eigenvalue weighted by molar-refractivity contribution is -0.111. The van der Waals surface area contributed by atoms with Crippen molar-refractivity contribution in [3.8, 4) is 18.4 Å². The molecule has 0 saturated heterocycles. The van der Waals surface area contributed by atoms with Crippen molar-refractivity contribution in [3.63, 3.8) is 0 Å². The molecule has 1 atom stereocenters. The van der Waals surface area contributed by atoms with E-state index in [1.54, 1.807) is 6.08 Å². The Hall–Kier alpha value is -2.32. The fraction of sp³-hybridized carbons (Fsp3) is 0.250. The number of terminal acetylenes is 1. The van der Waals surface area contributed by atoms with E-state index in [2.05, 4.69) is 5.92 Å².